The topological polar surface area (TPSA) is 113 Å². The molecule has 1 aliphatic heterocycles. The predicted octanol–water partition coefficient (Wildman–Crippen LogP) is 0.446. The van der Waals surface area contributed by atoms with Crippen molar-refractivity contribution in [1.29, 1.82) is 0 Å². The number of ether oxygens (including phenoxy) is 1. The van der Waals surface area contributed by atoms with Crippen molar-refractivity contribution in [3.05, 3.63) is 30.3 Å². The van der Waals surface area contributed by atoms with Gasteiger partial charge in [-0.2, -0.15) is 4.31 Å². The van der Waals surface area contributed by atoms with Gasteiger partial charge in [-0.15, -0.1) is 0 Å². The van der Waals surface area contributed by atoms with Crippen LogP contribution in [0.5, 0.6) is 0 Å². The second-order valence-corrected chi connectivity index (χ2v) is 7.66. The van der Waals surface area contributed by atoms with Crippen molar-refractivity contribution in [2.45, 2.75) is 36.2 Å². The summed E-state index contributed by atoms with van der Waals surface area (Å²) in [5.41, 5.74) is 0. The number of rotatable bonds is 8. The van der Waals surface area contributed by atoms with Crippen LogP contribution in [-0.4, -0.2) is 62.1 Å². The Balaban J connectivity index is 2.15. The van der Waals surface area contributed by atoms with E-state index in [9.17, 15) is 23.1 Å². The van der Waals surface area contributed by atoms with Gasteiger partial charge >= 0.3 is 5.97 Å². The van der Waals surface area contributed by atoms with Gasteiger partial charge in [0.05, 0.1) is 4.90 Å². The third-order valence-corrected chi connectivity index (χ3v) is 6.00. The molecule has 1 amide bonds. The SMILES string of the molecule is COCCC(NC(=O)C1CCCN1S(=O)(=O)c1ccccc1)C(=O)O. The van der Waals surface area contributed by atoms with E-state index in [0.717, 1.165) is 4.31 Å². The van der Waals surface area contributed by atoms with Crippen molar-refractivity contribution in [3.63, 3.8) is 0 Å². The van der Waals surface area contributed by atoms with Crippen molar-refractivity contribution >= 4 is 21.9 Å². The number of nitrogens with zero attached hydrogens (tertiary/aromatic N) is 1. The van der Waals surface area contributed by atoms with Gasteiger partial charge in [-0.3, -0.25) is 4.79 Å². The Morgan fingerprint density at radius 3 is 2.64 bits per heavy atom. The first kappa shape index (κ1) is 19.4. The number of benzene rings is 1. The number of carbonyl (C=O) groups excluding carboxylic acids is 1. The number of hydrogen-bond acceptors (Lipinski definition) is 5. The van der Waals surface area contributed by atoms with Crippen molar-refractivity contribution < 1.29 is 27.9 Å². The summed E-state index contributed by atoms with van der Waals surface area (Å²) in [4.78, 5) is 23.9. The van der Waals surface area contributed by atoms with E-state index in [4.69, 9.17) is 4.74 Å². The van der Waals surface area contributed by atoms with Crippen LogP contribution >= 0.6 is 0 Å². The van der Waals surface area contributed by atoms with E-state index >= 15 is 0 Å². The molecule has 138 valence electrons. The highest BCUT2D eigenvalue weighted by atomic mass is 32.2. The lowest BCUT2D eigenvalue weighted by atomic mass is 10.1. The molecule has 2 N–H and O–H groups in total. The Kier molecular flexibility index (Phi) is 6.51. The van der Waals surface area contributed by atoms with E-state index < -0.39 is 34.0 Å². The van der Waals surface area contributed by atoms with Crippen LogP contribution in [0.2, 0.25) is 0 Å². The molecule has 1 aromatic rings. The molecule has 2 atom stereocenters. The predicted molar refractivity (Wildman–Crippen MR) is 89.4 cm³/mol. The first-order chi connectivity index (χ1) is 11.9. The highest BCUT2D eigenvalue weighted by Crippen LogP contribution is 2.26. The second-order valence-electron chi connectivity index (χ2n) is 5.77. The van der Waals surface area contributed by atoms with Crippen LogP contribution in [0, 0.1) is 0 Å². The van der Waals surface area contributed by atoms with Crippen LogP contribution in [-0.2, 0) is 24.3 Å². The van der Waals surface area contributed by atoms with Gasteiger partial charge < -0.3 is 15.2 Å². The number of carboxylic acid groups (broad SMARTS) is 1. The molecule has 9 heteroatoms. The summed E-state index contributed by atoms with van der Waals surface area (Å²) in [6.45, 7) is 0.402. The Morgan fingerprint density at radius 2 is 2.04 bits per heavy atom. The van der Waals surface area contributed by atoms with E-state index in [1.54, 1.807) is 18.2 Å². The molecule has 1 aromatic carbocycles. The van der Waals surface area contributed by atoms with Crippen LogP contribution in [0.25, 0.3) is 0 Å². The molecule has 1 heterocycles. The number of amides is 1. The van der Waals surface area contributed by atoms with Gasteiger partial charge in [-0.25, -0.2) is 13.2 Å². The van der Waals surface area contributed by atoms with Gasteiger partial charge in [0.1, 0.15) is 12.1 Å². The van der Waals surface area contributed by atoms with Crippen molar-refractivity contribution in [2.24, 2.45) is 0 Å². The summed E-state index contributed by atoms with van der Waals surface area (Å²) in [6.07, 6.45) is 1.00. The van der Waals surface area contributed by atoms with Gasteiger partial charge in [0, 0.05) is 26.7 Å². The minimum absolute atomic E-state index is 0.107. The van der Waals surface area contributed by atoms with E-state index in [0.29, 0.717) is 12.8 Å². The standard InChI is InChI=1S/C16H22N2O6S/c1-24-11-9-13(16(20)21)17-15(19)14-8-5-10-18(14)25(22,23)12-6-3-2-4-7-12/h2-4,6-7,13-14H,5,8-11H2,1H3,(H,17,19)(H,20,21). The summed E-state index contributed by atoms with van der Waals surface area (Å²) in [6, 6.07) is 5.86. The molecule has 1 fully saturated rings. The Bertz CT molecular complexity index is 707. The average molecular weight is 370 g/mol. The number of carboxylic acids is 1. The first-order valence-electron chi connectivity index (χ1n) is 7.97. The van der Waals surface area contributed by atoms with Crippen LogP contribution in [0.15, 0.2) is 35.2 Å². The molecule has 8 nitrogen and oxygen atoms in total. The van der Waals surface area contributed by atoms with Crippen LogP contribution in [0.4, 0.5) is 0 Å². The molecule has 0 radical (unpaired) electrons. The summed E-state index contributed by atoms with van der Waals surface area (Å²) < 4.78 is 31.5. The molecular formula is C16H22N2O6S. The Hall–Kier alpha value is -1.97. The molecule has 2 unspecified atom stereocenters. The summed E-state index contributed by atoms with van der Waals surface area (Å²) in [5, 5.41) is 11.6. The van der Waals surface area contributed by atoms with Crippen LogP contribution in [0.1, 0.15) is 19.3 Å². The number of hydrogen-bond donors (Lipinski definition) is 2. The van der Waals surface area contributed by atoms with Crippen molar-refractivity contribution in [3.8, 4) is 0 Å². The largest absolute Gasteiger partial charge is 0.480 e. The number of nitrogens with one attached hydrogen (secondary N) is 1. The van der Waals surface area contributed by atoms with Crippen LogP contribution in [0.3, 0.4) is 0 Å². The molecule has 1 aliphatic rings. The highest BCUT2D eigenvalue weighted by Gasteiger charge is 2.40. The molecule has 0 saturated carbocycles. The second kappa shape index (κ2) is 8.41. The minimum atomic E-state index is -3.81. The van der Waals surface area contributed by atoms with Gasteiger partial charge in [-0.1, -0.05) is 18.2 Å². The van der Waals surface area contributed by atoms with Gasteiger partial charge in [0.2, 0.25) is 15.9 Å². The minimum Gasteiger partial charge on any atom is -0.480 e. The quantitative estimate of drug-likeness (QED) is 0.687. The molecule has 0 aromatic heterocycles. The molecular weight excluding hydrogens is 348 g/mol. The van der Waals surface area contributed by atoms with Gasteiger partial charge in [-0.05, 0) is 25.0 Å². The zero-order valence-corrected chi connectivity index (χ0v) is 14.7. The highest BCUT2D eigenvalue weighted by molar-refractivity contribution is 7.89. The zero-order valence-electron chi connectivity index (χ0n) is 13.9. The molecule has 25 heavy (non-hydrogen) atoms. The smallest absolute Gasteiger partial charge is 0.326 e. The number of sulfonamides is 1. The first-order valence-corrected chi connectivity index (χ1v) is 9.41. The molecule has 2 rings (SSSR count). The van der Waals surface area contributed by atoms with Crippen molar-refractivity contribution in [2.75, 3.05) is 20.3 Å². The molecule has 0 bridgehead atoms. The van der Waals surface area contributed by atoms with Crippen LogP contribution < -0.4 is 5.32 Å². The summed E-state index contributed by atoms with van der Waals surface area (Å²) in [7, 11) is -2.37. The summed E-state index contributed by atoms with van der Waals surface area (Å²) in [5.74, 6) is -1.78. The van der Waals surface area contributed by atoms with E-state index in [2.05, 4.69) is 5.32 Å². The van der Waals surface area contributed by atoms with Gasteiger partial charge in [0.15, 0.2) is 0 Å². The maximum Gasteiger partial charge on any atom is 0.326 e. The fourth-order valence-electron chi connectivity index (χ4n) is 2.78. The Labute approximate surface area is 146 Å². The maximum atomic E-state index is 12.8. The van der Waals surface area contributed by atoms with Crippen molar-refractivity contribution in [1.82, 2.24) is 9.62 Å². The third kappa shape index (κ3) is 4.56. The third-order valence-electron chi connectivity index (χ3n) is 4.08. The molecule has 0 aliphatic carbocycles. The summed E-state index contributed by atoms with van der Waals surface area (Å²) >= 11 is 0. The lowest BCUT2D eigenvalue weighted by molar-refractivity contribution is -0.142. The molecule has 1 saturated heterocycles. The van der Waals surface area contributed by atoms with E-state index in [1.165, 1.54) is 19.2 Å². The number of aliphatic carboxylic acids is 1. The average Bonchev–Trinajstić information content (AvgIpc) is 3.09. The fraction of sp³-hybridized carbons (Fsp3) is 0.500. The monoisotopic (exact) mass is 370 g/mol. The number of methoxy groups -OCH3 is 1. The lowest BCUT2D eigenvalue weighted by Gasteiger charge is -2.25. The maximum absolute atomic E-state index is 12.8. The Morgan fingerprint density at radius 1 is 1.36 bits per heavy atom. The normalized spacial score (nSPS) is 19.5. The zero-order chi connectivity index (χ0) is 18.4. The number of carbonyl (C=O) groups is 2. The fourth-order valence-corrected chi connectivity index (χ4v) is 4.46. The van der Waals surface area contributed by atoms with E-state index in [1.807, 2.05) is 0 Å². The van der Waals surface area contributed by atoms with Gasteiger partial charge in [0.25, 0.3) is 0 Å². The lowest BCUT2D eigenvalue weighted by Crippen LogP contribution is -2.51. The van der Waals surface area contributed by atoms with E-state index in [-0.39, 0.29) is 24.5 Å². The molecule has 0 spiro atoms.